The Morgan fingerprint density at radius 1 is 1.09 bits per heavy atom. The number of carbonyl (C=O) groups excluding carboxylic acids is 1. The highest BCUT2D eigenvalue weighted by Gasteiger charge is 2.14. The van der Waals surface area contributed by atoms with E-state index in [1.54, 1.807) is 25.1 Å². The molecule has 3 rings (SSSR count). The molecule has 3 aromatic rings. The molecule has 0 aliphatic heterocycles. The highest BCUT2D eigenvalue weighted by atomic mass is 35.5. The molecule has 0 saturated carbocycles. The number of para-hydroxylation sites is 1. The summed E-state index contributed by atoms with van der Waals surface area (Å²) in [5, 5.41) is 0.845. The van der Waals surface area contributed by atoms with E-state index in [4.69, 9.17) is 25.5 Å². The van der Waals surface area contributed by atoms with E-state index in [1.807, 2.05) is 25.1 Å². The fraction of sp³-hybridized carbons (Fsp3) is 0.333. The highest BCUT2D eigenvalue weighted by molar-refractivity contribution is 6.34. The Hall–Kier alpha value is -3.05. The van der Waals surface area contributed by atoms with Gasteiger partial charge >= 0.3 is 5.97 Å². The maximum atomic E-state index is 12.6. The number of esters is 1. The third kappa shape index (κ3) is 6.48. The fourth-order valence-electron chi connectivity index (χ4n) is 3.54. The average molecular weight is 469 g/mol. The van der Waals surface area contributed by atoms with Gasteiger partial charge in [-0.25, -0.2) is 4.79 Å². The first-order valence-corrected chi connectivity index (χ1v) is 11.6. The van der Waals surface area contributed by atoms with Crippen molar-refractivity contribution in [1.29, 1.82) is 0 Å². The second-order valence-electron chi connectivity index (χ2n) is 7.93. The van der Waals surface area contributed by atoms with Gasteiger partial charge in [-0.2, -0.15) is 0 Å². The van der Waals surface area contributed by atoms with Crippen LogP contribution in [0.25, 0.3) is 22.3 Å². The lowest BCUT2D eigenvalue weighted by atomic mass is 10.1. The van der Waals surface area contributed by atoms with Crippen molar-refractivity contribution in [3.63, 3.8) is 0 Å². The zero-order valence-electron chi connectivity index (χ0n) is 19.1. The number of hydrogen-bond acceptors (Lipinski definition) is 5. The standard InChI is InChI=1S/C27H29ClO5/c1-4-31-27(30)19(3)10-7-5-6-8-15-32-24-16-18(2)13-14-21(24)25-17-23(29)20-11-9-12-22(28)26(20)33-25/h9,11-14,16-17H,3-8,10,15H2,1-2H3. The van der Waals surface area contributed by atoms with Crippen molar-refractivity contribution < 1.29 is 18.7 Å². The van der Waals surface area contributed by atoms with E-state index < -0.39 is 0 Å². The third-order valence-electron chi connectivity index (χ3n) is 5.30. The average Bonchev–Trinajstić information content (AvgIpc) is 2.79. The molecule has 0 atom stereocenters. The monoisotopic (exact) mass is 468 g/mol. The Bertz CT molecular complexity index is 1190. The number of aryl methyl sites for hydroxylation is 1. The van der Waals surface area contributed by atoms with Gasteiger partial charge in [0.1, 0.15) is 11.5 Å². The van der Waals surface area contributed by atoms with Gasteiger partial charge < -0.3 is 13.9 Å². The quantitative estimate of drug-likeness (QED) is 0.174. The Morgan fingerprint density at radius 2 is 1.88 bits per heavy atom. The number of halogens is 1. The lowest BCUT2D eigenvalue weighted by Crippen LogP contribution is -2.06. The summed E-state index contributed by atoms with van der Waals surface area (Å²) in [6.07, 6.45) is 4.34. The van der Waals surface area contributed by atoms with Crippen LogP contribution in [0.2, 0.25) is 5.02 Å². The molecule has 0 aliphatic carbocycles. The second-order valence-corrected chi connectivity index (χ2v) is 8.33. The van der Waals surface area contributed by atoms with Crippen molar-refractivity contribution in [3.8, 4) is 17.1 Å². The molecule has 1 aromatic heterocycles. The van der Waals surface area contributed by atoms with Gasteiger partial charge in [0.05, 0.1) is 29.2 Å². The topological polar surface area (TPSA) is 65.7 Å². The van der Waals surface area contributed by atoms with E-state index in [0.717, 1.165) is 31.2 Å². The van der Waals surface area contributed by atoms with Crippen LogP contribution in [0.5, 0.6) is 5.75 Å². The van der Waals surface area contributed by atoms with Gasteiger partial charge in [-0.3, -0.25) is 4.79 Å². The molecule has 0 aliphatic rings. The summed E-state index contributed by atoms with van der Waals surface area (Å²) >= 11 is 6.25. The summed E-state index contributed by atoms with van der Waals surface area (Å²) in [6.45, 7) is 8.46. The van der Waals surface area contributed by atoms with Crippen molar-refractivity contribution in [2.24, 2.45) is 0 Å². The van der Waals surface area contributed by atoms with Crippen molar-refractivity contribution in [2.45, 2.75) is 46.0 Å². The maximum Gasteiger partial charge on any atom is 0.333 e. The Labute approximate surface area is 199 Å². The molecule has 0 radical (unpaired) electrons. The summed E-state index contributed by atoms with van der Waals surface area (Å²) in [7, 11) is 0. The van der Waals surface area contributed by atoms with Crippen LogP contribution in [-0.4, -0.2) is 19.2 Å². The maximum absolute atomic E-state index is 12.6. The molecule has 0 spiro atoms. The summed E-state index contributed by atoms with van der Waals surface area (Å²) in [4.78, 5) is 24.2. The summed E-state index contributed by atoms with van der Waals surface area (Å²) in [5.41, 5.74) is 2.51. The molecule has 0 bridgehead atoms. The van der Waals surface area contributed by atoms with Gasteiger partial charge in [0.25, 0.3) is 0 Å². The number of hydrogen-bond donors (Lipinski definition) is 0. The normalized spacial score (nSPS) is 10.9. The van der Waals surface area contributed by atoms with Crippen molar-refractivity contribution >= 4 is 28.5 Å². The van der Waals surface area contributed by atoms with E-state index in [-0.39, 0.29) is 11.4 Å². The van der Waals surface area contributed by atoms with E-state index in [1.165, 1.54) is 6.07 Å². The summed E-state index contributed by atoms with van der Waals surface area (Å²) < 4.78 is 17.0. The minimum absolute atomic E-state index is 0.148. The molecule has 5 nitrogen and oxygen atoms in total. The Morgan fingerprint density at radius 3 is 2.67 bits per heavy atom. The molecule has 33 heavy (non-hydrogen) atoms. The smallest absolute Gasteiger partial charge is 0.333 e. The molecule has 0 amide bonds. The van der Waals surface area contributed by atoms with Crippen LogP contribution in [-0.2, 0) is 9.53 Å². The number of carbonyl (C=O) groups is 1. The van der Waals surface area contributed by atoms with Crippen LogP contribution in [0.4, 0.5) is 0 Å². The lowest BCUT2D eigenvalue weighted by Gasteiger charge is -2.13. The molecule has 0 saturated heterocycles. The number of rotatable bonds is 11. The van der Waals surface area contributed by atoms with Gasteiger partial charge in [-0.05, 0) is 62.9 Å². The minimum atomic E-state index is -0.311. The zero-order valence-corrected chi connectivity index (χ0v) is 19.9. The molecule has 0 unspecified atom stereocenters. The van der Waals surface area contributed by atoms with Gasteiger partial charge in [0.15, 0.2) is 11.0 Å². The second kappa shape index (κ2) is 11.7. The predicted octanol–water partition coefficient (Wildman–Crippen LogP) is 6.87. The van der Waals surface area contributed by atoms with Crippen LogP contribution < -0.4 is 10.2 Å². The predicted molar refractivity (Wildman–Crippen MR) is 132 cm³/mol. The number of fused-ring (bicyclic) bond motifs is 1. The van der Waals surface area contributed by atoms with Gasteiger partial charge in [-0.1, -0.05) is 43.2 Å². The number of benzene rings is 2. The van der Waals surface area contributed by atoms with Crippen LogP contribution in [0.1, 0.15) is 44.6 Å². The van der Waals surface area contributed by atoms with Crippen LogP contribution in [0.3, 0.4) is 0 Å². The molecule has 0 N–H and O–H groups in total. The first-order chi connectivity index (χ1) is 15.9. The van der Waals surface area contributed by atoms with E-state index in [0.29, 0.717) is 58.3 Å². The van der Waals surface area contributed by atoms with Gasteiger partial charge in [0, 0.05) is 11.6 Å². The Balaban J connectivity index is 1.61. The number of unbranched alkanes of at least 4 members (excludes halogenated alkanes) is 3. The number of ether oxygens (including phenoxy) is 2. The third-order valence-corrected chi connectivity index (χ3v) is 5.60. The molecule has 0 fully saturated rings. The van der Waals surface area contributed by atoms with E-state index in [9.17, 15) is 9.59 Å². The minimum Gasteiger partial charge on any atom is -0.493 e. The molecular weight excluding hydrogens is 440 g/mol. The van der Waals surface area contributed by atoms with Crippen molar-refractivity contribution in [2.75, 3.05) is 13.2 Å². The highest BCUT2D eigenvalue weighted by Crippen LogP contribution is 2.33. The zero-order chi connectivity index (χ0) is 23.8. The molecule has 2 aromatic carbocycles. The first kappa shape index (κ1) is 24.6. The SMILES string of the molecule is C=C(CCCCCCOc1cc(C)ccc1-c1cc(=O)c2cccc(Cl)c2o1)C(=O)OCC. The van der Waals surface area contributed by atoms with Crippen LogP contribution in [0.15, 0.2) is 63.8 Å². The van der Waals surface area contributed by atoms with Gasteiger partial charge in [0.2, 0.25) is 0 Å². The molecule has 1 heterocycles. The van der Waals surface area contributed by atoms with Crippen molar-refractivity contribution in [3.05, 3.63) is 75.4 Å². The van der Waals surface area contributed by atoms with E-state index in [2.05, 4.69) is 6.58 Å². The first-order valence-electron chi connectivity index (χ1n) is 11.2. The largest absolute Gasteiger partial charge is 0.493 e. The molecule has 6 heteroatoms. The van der Waals surface area contributed by atoms with E-state index >= 15 is 0 Å². The molecular formula is C27H29ClO5. The van der Waals surface area contributed by atoms with Crippen LogP contribution in [0, 0.1) is 6.92 Å². The summed E-state index contributed by atoms with van der Waals surface area (Å²) in [6, 6.07) is 12.4. The van der Waals surface area contributed by atoms with Gasteiger partial charge in [-0.15, -0.1) is 0 Å². The fourth-order valence-corrected chi connectivity index (χ4v) is 3.75. The van der Waals surface area contributed by atoms with Crippen molar-refractivity contribution in [1.82, 2.24) is 0 Å². The Kier molecular flexibility index (Phi) is 8.72. The van der Waals surface area contributed by atoms with Crippen LogP contribution >= 0.6 is 11.6 Å². The lowest BCUT2D eigenvalue weighted by molar-refractivity contribution is -0.138. The summed E-state index contributed by atoms with van der Waals surface area (Å²) in [5.74, 6) is 0.780. The molecule has 174 valence electrons.